The fraction of sp³-hybridized carbons (Fsp3) is 0.600. The number of nitrogens with two attached hydrogens (primary N) is 1. The molecule has 1 atom stereocenters. The molecule has 0 radical (unpaired) electrons. The molecule has 0 heterocycles. The highest BCUT2D eigenvalue weighted by Gasteiger charge is 2.17. The summed E-state index contributed by atoms with van der Waals surface area (Å²) in [6.07, 6.45) is 2.37. The third-order valence-corrected chi connectivity index (χ3v) is 3.11. The molecule has 2 nitrogen and oxygen atoms in total. The van der Waals surface area contributed by atoms with Crippen LogP contribution in [-0.2, 0) is 0 Å². The molecule has 96 valence electrons. The molecule has 1 aromatic carbocycles. The first-order valence-electron chi connectivity index (χ1n) is 6.73. The van der Waals surface area contributed by atoms with Crippen LogP contribution in [0.4, 0.5) is 0 Å². The van der Waals surface area contributed by atoms with Crippen LogP contribution in [0, 0.1) is 6.92 Å². The summed E-state index contributed by atoms with van der Waals surface area (Å²) < 4.78 is 0. The van der Waals surface area contributed by atoms with E-state index in [4.69, 9.17) is 5.73 Å². The van der Waals surface area contributed by atoms with Crippen LogP contribution in [0.2, 0.25) is 0 Å². The van der Waals surface area contributed by atoms with E-state index in [1.54, 1.807) is 0 Å². The van der Waals surface area contributed by atoms with Gasteiger partial charge in [0.25, 0.3) is 0 Å². The Bertz CT molecular complexity index is 316. The van der Waals surface area contributed by atoms with Gasteiger partial charge in [-0.2, -0.15) is 0 Å². The second-order valence-corrected chi connectivity index (χ2v) is 4.70. The predicted molar refractivity (Wildman–Crippen MR) is 75.1 cm³/mol. The highest BCUT2D eigenvalue weighted by atomic mass is 15.2. The topological polar surface area (TPSA) is 29.3 Å². The van der Waals surface area contributed by atoms with E-state index in [0.29, 0.717) is 12.6 Å². The largest absolute Gasteiger partial charge is 0.329 e. The van der Waals surface area contributed by atoms with Crippen molar-refractivity contribution in [2.45, 2.75) is 39.7 Å². The molecule has 17 heavy (non-hydrogen) atoms. The maximum Gasteiger partial charge on any atom is 0.0470 e. The Hall–Kier alpha value is -0.860. The molecule has 0 bridgehead atoms. The lowest BCUT2D eigenvalue weighted by molar-refractivity contribution is 0.202. The molecule has 0 aliphatic rings. The second-order valence-electron chi connectivity index (χ2n) is 4.70. The van der Waals surface area contributed by atoms with Crippen LogP contribution in [0.3, 0.4) is 0 Å². The zero-order chi connectivity index (χ0) is 12.7. The van der Waals surface area contributed by atoms with Crippen LogP contribution in [-0.4, -0.2) is 24.5 Å². The quantitative estimate of drug-likeness (QED) is 0.785. The highest BCUT2D eigenvalue weighted by molar-refractivity contribution is 5.25. The van der Waals surface area contributed by atoms with Crippen molar-refractivity contribution in [3.8, 4) is 0 Å². The van der Waals surface area contributed by atoms with E-state index in [-0.39, 0.29) is 0 Å². The van der Waals surface area contributed by atoms with Crippen molar-refractivity contribution < 1.29 is 0 Å². The van der Waals surface area contributed by atoms with Crippen molar-refractivity contribution in [3.63, 3.8) is 0 Å². The maximum absolute atomic E-state index is 5.97. The Labute approximate surface area is 106 Å². The summed E-state index contributed by atoms with van der Waals surface area (Å²) >= 11 is 0. The molecular weight excluding hydrogens is 208 g/mol. The Morgan fingerprint density at radius 2 is 1.82 bits per heavy atom. The number of nitrogens with zero attached hydrogens (tertiary/aromatic N) is 1. The molecule has 2 heteroatoms. The minimum atomic E-state index is 0.370. The standard InChI is InChI=1S/C15H26N2/c1-4-9-17(10-5-2)15(12-16)14-8-6-7-13(3)11-14/h6-8,11,15H,4-5,9-10,12,16H2,1-3H3. The van der Waals surface area contributed by atoms with Crippen molar-refractivity contribution in [2.75, 3.05) is 19.6 Å². The fourth-order valence-corrected chi connectivity index (χ4v) is 2.37. The summed E-state index contributed by atoms with van der Waals surface area (Å²) in [5.41, 5.74) is 8.64. The average molecular weight is 234 g/mol. The number of hydrogen-bond acceptors (Lipinski definition) is 2. The lowest BCUT2D eigenvalue weighted by Crippen LogP contribution is -2.35. The van der Waals surface area contributed by atoms with Crippen LogP contribution < -0.4 is 5.73 Å². The van der Waals surface area contributed by atoms with Crippen LogP contribution in [0.15, 0.2) is 24.3 Å². The minimum absolute atomic E-state index is 0.370. The van der Waals surface area contributed by atoms with Gasteiger partial charge in [0, 0.05) is 12.6 Å². The van der Waals surface area contributed by atoms with Gasteiger partial charge >= 0.3 is 0 Å². The van der Waals surface area contributed by atoms with Gasteiger partial charge in [-0.1, -0.05) is 43.7 Å². The van der Waals surface area contributed by atoms with Gasteiger partial charge < -0.3 is 5.73 Å². The number of rotatable bonds is 7. The first-order chi connectivity index (χ1) is 8.22. The predicted octanol–water partition coefficient (Wildman–Crippen LogP) is 3.12. The van der Waals surface area contributed by atoms with Crippen molar-refractivity contribution in [2.24, 2.45) is 5.73 Å². The summed E-state index contributed by atoms with van der Waals surface area (Å²) in [5.74, 6) is 0. The van der Waals surface area contributed by atoms with E-state index in [9.17, 15) is 0 Å². The van der Waals surface area contributed by atoms with Crippen molar-refractivity contribution >= 4 is 0 Å². The third-order valence-electron chi connectivity index (χ3n) is 3.11. The zero-order valence-corrected chi connectivity index (χ0v) is 11.4. The molecule has 2 N–H and O–H groups in total. The zero-order valence-electron chi connectivity index (χ0n) is 11.4. The molecule has 1 aromatic rings. The van der Waals surface area contributed by atoms with E-state index >= 15 is 0 Å². The van der Waals surface area contributed by atoms with E-state index in [2.05, 4.69) is 49.9 Å². The van der Waals surface area contributed by atoms with E-state index in [0.717, 1.165) is 13.1 Å². The Balaban J connectivity index is 2.87. The summed E-state index contributed by atoms with van der Waals surface area (Å²) in [6.45, 7) is 9.55. The second kappa shape index (κ2) is 7.46. The van der Waals surface area contributed by atoms with Gasteiger partial charge in [0.2, 0.25) is 0 Å². The van der Waals surface area contributed by atoms with Crippen molar-refractivity contribution in [3.05, 3.63) is 35.4 Å². The third kappa shape index (κ3) is 4.14. The van der Waals surface area contributed by atoms with Crippen LogP contribution in [0.25, 0.3) is 0 Å². The molecule has 0 amide bonds. The molecule has 0 aliphatic heterocycles. The lowest BCUT2D eigenvalue weighted by atomic mass is 10.0. The first kappa shape index (κ1) is 14.2. The molecular formula is C15H26N2. The molecule has 0 fully saturated rings. The smallest absolute Gasteiger partial charge is 0.0470 e. The lowest BCUT2D eigenvalue weighted by Gasteiger charge is -2.31. The number of hydrogen-bond donors (Lipinski definition) is 1. The van der Waals surface area contributed by atoms with Gasteiger partial charge in [0.1, 0.15) is 0 Å². The summed E-state index contributed by atoms with van der Waals surface area (Å²) in [5, 5.41) is 0. The molecule has 1 unspecified atom stereocenters. The molecule has 0 spiro atoms. The molecule has 0 aromatic heterocycles. The number of benzene rings is 1. The van der Waals surface area contributed by atoms with Gasteiger partial charge in [-0.3, -0.25) is 4.90 Å². The van der Waals surface area contributed by atoms with Crippen LogP contribution in [0.1, 0.15) is 43.9 Å². The van der Waals surface area contributed by atoms with E-state index < -0.39 is 0 Å². The Morgan fingerprint density at radius 1 is 1.18 bits per heavy atom. The van der Waals surface area contributed by atoms with Crippen LogP contribution in [0.5, 0.6) is 0 Å². The van der Waals surface area contributed by atoms with Crippen molar-refractivity contribution in [1.82, 2.24) is 4.90 Å². The Kier molecular flexibility index (Phi) is 6.23. The normalized spacial score (nSPS) is 13.0. The van der Waals surface area contributed by atoms with E-state index in [1.165, 1.54) is 24.0 Å². The van der Waals surface area contributed by atoms with Crippen molar-refractivity contribution in [1.29, 1.82) is 0 Å². The number of aryl methyl sites for hydroxylation is 1. The summed E-state index contributed by atoms with van der Waals surface area (Å²) in [6, 6.07) is 9.10. The van der Waals surface area contributed by atoms with Crippen LogP contribution >= 0.6 is 0 Å². The SMILES string of the molecule is CCCN(CCC)C(CN)c1cccc(C)c1. The monoisotopic (exact) mass is 234 g/mol. The van der Waals surface area contributed by atoms with Gasteiger partial charge in [0.15, 0.2) is 0 Å². The fourth-order valence-electron chi connectivity index (χ4n) is 2.37. The average Bonchev–Trinajstić information content (AvgIpc) is 2.31. The van der Waals surface area contributed by atoms with Gasteiger partial charge in [-0.15, -0.1) is 0 Å². The Morgan fingerprint density at radius 3 is 2.29 bits per heavy atom. The summed E-state index contributed by atoms with van der Waals surface area (Å²) in [7, 11) is 0. The maximum atomic E-state index is 5.97. The summed E-state index contributed by atoms with van der Waals surface area (Å²) in [4.78, 5) is 2.51. The molecule has 0 saturated carbocycles. The highest BCUT2D eigenvalue weighted by Crippen LogP contribution is 2.21. The first-order valence-corrected chi connectivity index (χ1v) is 6.73. The molecule has 1 rings (SSSR count). The van der Waals surface area contributed by atoms with Gasteiger partial charge in [-0.05, 0) is 38.4 Å². The van der Waals surface area contributed by atoms with Gasteiger partial charge in [-0.25, -0.2) is 0 Å². The van der Waals surface area contributed by atoms with Gasteiger partial charge in [0.05, 0.1) is 0 Å². The molecule has 0 aliphatic carbocycles. The molecule has 0 saturated heterocycles. The van der Waals surface area contributed by atoms with E-state index in [1.807, 2.05) is 0 Å². The minimum Gasteiger partial charge on any atom is -0.329 e.